The van der Waals surface area contributed by atoms with Gasteiger partial charge in [-0.1, -0.05) is 36.4 Å². The molecular weight excluding hydrogens is 522 g/mol. The van der Waals surface area contributed by atoms with Crippen LogP contribution in [0, 0.1) is 6.65 Å². The first-order chi connectivity index (χ1) is 11.5. The number of fused-ring (bicyclic) bond motifs is 2. The van der Waals surface area contributed by atoms with E-state index in [2.05, 4.69) is 75.8 Å². The van der Waals surface area contributed by atoms with E-state index in [4.69, 9.17) is 9.64 Å². The van der Waals surface area contributed by atoms with E-state index in [1.54, 1.807) is 0 Å². The topological polar surface area (TPSA) is 32.8 Å². The Morgan fingerprint density at radius 1 is 0.808 bits per heavy atom. The van der Waals surface area contributed by atoms with Crippen LogP contribution >= 0.6 is 15.8 Å². The van der Waals surface area contributed by atoms with Gasteiger partial charge in [0.2, 0.25) is 0 Å². The third-order valence-electron chi connectivity index (χ3n) is 3.92. The van der Waals surface area contributed by atoms with E-state index in [0.717, 1.165) is 0 Å². The minimum absolute atomic E-state index is 0. The summed E-state index contributed by atoms with van der Waals surface area (Å²) in [6.45, 7) is 14.0. The second-order valence-electron chi connectivity index (χ2n) is 6.73. The zero-order valence-corrected chi connectivity index (χ0v) is 22.5. The van der Waals surface area contributed by atoms with Crippen LogP contribution in [0.3, 0.4) is 0 Å². The van der Waals surface area contributed by atoms with Crippen LogP contribution in [-0.2, 0) is 69.2 Å². The number of benzene rings is 2. The molecule has 0 aliphatic carbocycles. The van der Waals surface area contributed by atoms with Crippen LogP contribution in [0.4, 0.5) is 0 Å². The molecule has 0 saturated heterocycles. The molecule has 26 heavy (non-hydrogen) atoms. The molecule has 0 amide bonds. The molecule has 1 heterocycles. The fraction of sp³-hybridized carbons (Fsp3) is 0.300. The number of nitrogens with zero attached hydrogens (tertiary/aromatic N) is 1. The van der Waals surface area contributed by atoms with Gasteiger partial charge in [-0.05, 0) is 21.9 Å². The van der Waals surface area contributed by atoms with Crippen molar-refractivity contribution in [3.63, 3.8) is 0 Å². The predicted octanol–water partition coefficient (Wildman–Crippen LogP) is 5.03. The summed E-state index contributed by atoms with van der Waals surface area (Å²) >= 11 is 0. The van der Waals surface area contributed by atoms with E-state index in [1.165, 1.54) is 45.3 Å². The second kappa shape index (κ2) is 12.8. The Balaban J connectivity index is 0.00000151. The molecule has 1 aromatic heterocycles. The summed E-state index contributed by atoms with van der Waals surface area (Å²) in [5.41, 5.74) is 5.28. The molecule has 0 atom stereocenters. The molecule has 0 unspecified atom stereocenters. The van der Waals surface area contributed by atoms with Crippen molar-refractivity contribution in [2.45, 2.75) is 12.3 Å². The summed E-state index contributed by atoms with van der Waals surface area (Å²) in [5.74, 6) is 0. The first-order valence-corrected chi connectivity index (χ1v) is 13.5. The predicted molar refractivity (Wildman–Crippen MR) is 112 cm³/mol. The molecule has 2 aromatic carbocycles. The molecule has 2 nitrogen and oxygen atoms in total. The Hall–Kier alpha value is 0.437. The summed E-state index contributed by atoms with van der Waals surface area (Å²) in [5, 5.41) is 2.56. The SMILES string of the molecule is C[PH+](C)Cc1cccc2cc3cccc(C[PH+](C)C)c3nc12.[C-]#[O+].[RuH].[Y]. The third kappa shape index (κ3) is 6.80. The standard InChI is InChI=1S/C19H23NP2.CO.Ru.Y.H/c1-21(2)12-16-9-5-7-14-11-15-8-6-10-17(13-22(3)4)19(15)20-18(14)16;1-2;;;/h5-11H,12-13H2,1-4H3;;;;/p+2. The van der Waals surface area contributed by atoms with Crippen molar-refractivity contribution in [1.29, 1.82) is 0 Å². The molecule has 0 aliphatic rings. The first kappa shape index (κ1) is 26.4. The van der Waals surface area contributed by atoms with E-state index < -0.39 is 0 Å². The number of hydrogen-bond acceptors (Lipinski definition) is 1. The summed E-state index contributed by atoms with van der Waals surface area (Å²) < 4.78 is 7.50. The maximum absolute atomic E-state index is 7.50. The van der Waals surface area contributed by atoms with E-state index in [1.807, 2.05) is 0 Å². The Bertz CT molecular complexity index is 803. The molecular formula is C20H26NOP2RuY+2. The van der Waals surface area contributed by atoms with Gasteiger partial charge >= 0.3 is 30.8 Å². The summed E-state index contributed by atoms with van der Waals surface area (Å²) in [4.78, 5) is 5.12. The van der Waals surface area contributed by atoms with Gasteiger partial charge < -0.3 is 0 Å². The van der Waals surface area contributed by atoms with Crippen molar-refractivity contribution >= 4 is 37.6 Å². The summed E-state index contributed by atoms with van der Waals surface area (Å²) in [7, 11) is -0.587. The molecule has 3 rings (SSSR count). The molecule has 0 fully saturated rings. The second-order valence-corrected chi connectivity index (χ2v) is 12.3. The van der Waals surface area contributed by atoms with Crippen LogP contribution < -0.4 is 0 Å². The average Bonchev–Trinajstić information content (AvgIpc) is 2.55. The monoisotopic (exact) mass is 549 g/mol. The maximum atomic E-state index is 7.50. The smallest absolute Gasteiger partial charge is 0 e. The number of para-hydroxylation sites is 2. The van der Waals surface area contributed by atoms with E-state index in [0.29, 0.717) is 0 Å². The average molecular weight is 548 g/mol. The molecule has 0 spiro atoms. The summed E-state index contributed by atoms with van der Waals surface area (Å²) in [6.07, 6.45) is 2.39. The minimum atomic E-state index is -0.294. The largest absolute Gasteiger partial charge is 0 e. The number of aromatic nitrogens is 1. The maximum Gasteiger partial charge on any atom is 0 e. The zero-order chi connectivity index (χ0) is 17.7. The van der Waals surface area contributed by atoms with Gasteiger partial charge in [0.1, 0.15) is 0 Å². The van der Waals surface area contributed by atoms with Gasteiger partial charge in [0.05, 0.1) is 23.4 Å². The van der Waals surface area contributed by atoms with Gasteiger partial charge in [0, 0.05) is 81.3 Å². The van der Waals surface area contributed by atoms with E-state index in [-0.39, 0.29) is 68.0 Å². The molecule has 0 N–H and O–H groups in total. The van der Waals surface area contributed by atoms with Crippen molar-refractivity contribution in [2.24, 2.45) is 0 Å². The van der Waals surface area contributed by atoms with Gasteiger partial charge in [-0.2, -0.15) is 0 Å². The molecule has 3 aromatic rings. The fourth-order valence-electron chi connectivity index (χ4n) is 3.05. The number of hydrogen-bond donors (Lipinski definition) is 0. The van der Waals surface area contributed by atoms with Crippen LogP contribution in [0.2, 0.25) is 0 Å². The van der Waals surface area contributed by atoms with Gasteiger partial charge in [0.25, 0.3) is 0 Å². The van der Waals surface area contributed by atoms with Crippen LogP contribution in [-0.4, -0.2) is 31.6 Å². The number of rotatable bonds is 4. The Morgan fingerprint density at radius 2 is 1.19 bits per heavy atom. The van der Waals surface area contributed by atoms with E-state index >= 15 is 0 Å². The van der Waals surface area contributed by atoms with Crippen LogP contribution in [0.5, 0.6) is 0 Å². The van der Waals surface area contributed by atoms with Crippen LogP contribution in [0.1, 0.15) is 11.1 Å². The van der Waals surface area contributed by atoms with Gasteiger partial charge in [-0.25, -0.2) is 4.98 Å². The fourth-order valence-corrected chi connectivity index (χ4v) is 5.15. The first-order valence-electron chi connectivity index (χ1n) is 8.13. The van der Waals surface area contributed by atoms with Gasteiger partial charge in [-0.3, -0.25) is 0 Å². The Morgan fingerprint density at radius 3 is 1.54 bits per heavy atom. The van der Waals surface area contributed by atoms with E-state index in [9.17, 15) is 0 Å². The van der Waals surface area contributed by atoms with Crippen molar-refractivity contribution < 1.29 is 56.8 Å². The van der Waals surface area contributed by atoms with Gasteiger partial charge in [0.15, 0.2) is 0 Å². The Labute approximate surface area is 197 Å². The minimum Gasteiger partial charge on any atom is 0 e. The molecule has 0 bridgehead atoms. The number of pyridine rings is 1. The normalized spacial score (nSPS) is 10.2. The van der Waals surface area contributed by atoms with Crippen molar-refractivity contribution in [3.8, 4) is 0 Å². The molecule has 0 saturated carbocycles. The van der Waals surface area contributed by atoms with Gasteiger partial charge in [-0.15, -0.1) is 0 Å². The molecule has 6 heteroatoms. The molecule has 0 aliphatic heterocycles. The van der Waals surface area contributed by atoms with Crippen molar-refractivity contribution in [3.05, 3.63) is 60.2 Å². The van der Waals surface area contributed by atoms with Crippen LogP contribution in [0.25, 0.3) is 21.8 Å². The quantitative estimate of drug-likeness (QED) is 0.148. The Kier molecular flexibility index (Phi) is 13.0. The molecule has 136 valence electrons. The third-order valence-corrected chi connectivity index (χ3v) is 6.10. The summed E-state index contributed by atoms with van der Waals surface area (Å²) in [6, 6.07) is 15.6. The van der Waals surface area contributed by atoms with Crippen LogP contribution in [0.15, 0.2) is 42.5 Å². The van der Waals surface area contributed by atoms with Crippen molar-refractivity contribution in [1.82, 2.24) is 4.98 Å². The zero-order valence-electron chi connectivity index (χ0n) is 15.8. The van der Waals surface area contributed by atoms with Crippen molar-refractivity contribution in [2.75, 3.05) is 26.7 Å². The molecule has 1 radical (unpaired) electrons.